The predicted molar refractivity (Wildman–Crippen MR) is 40.8 cm³/mol. The molecule has 3 N–H and O–H groups in total. The van der Waals surface area contributed by atoms with Crippen molar-refractivity contribution in [3.8, 4) is 0 Å². The third-order valence-electron chi connectivity index (χ3n) is 1.44. The van der Waals surface area contributed by atoms with Crippen LogP contribution >= 0.6 is 0 Å². The predicted octanol–water partition coefficient (Wildman–Crippen LogP) is 0.244. The summed E-state index contributed by atoms with van der Waals surface area (Å²) in [7, 11) is 0. The molecule has 0 aliphatic carbocycles. The van der Waals surface area contributed by atoms with E-state index in [2.05, 4.69) is 19.9 Å². The number of anilines is 1. The number of rotatable bonds is 0. The summed E-state index contributed by atoms with van der Waals surface area (Å²) in [6, 6.07) is 0. The smallest absolute Gasteiger partial charge is 0.183 e. The van der Waals surface area contributed by atoms with Crippen LogP contribution in [-0.2, 0) is 0 Å². The summed E-state index contributed by atoms with van der Waals surface area (Å²) in [6.07, 6.45) is 1.40. The Morgan fingerprint density at radius 3 is 3.00 bits per heavy atom. The summed E-state index contributed by atoms with van der Waals surface area (Å²) < 4.78 is 0. The van der Waals surface area contributed by atoms with Crippen LogP contribution in [0.5, 0.6) is 0 Å². The summed E-state index contributed by atoms with van der Waals surface area (Å²) in [6.45, 7) is 1.85. The molecular formula is C6H7N5. The third-order valence-corrected chi connectivity index (χ3v) is 1.44. The first-order chi connectivity index (χ1) is 5.27. The molecule has 0 aromatic carbocycles. The summed E-state index contributed by atoms with van der Waals surface area (Å²) >= 11 is 0. The first-order valence-corrected chi connectivity index (χ1v) is 3.20. The van der Waals surface area contributed by atoms with Crippen LogP contribution in [0.4, 0.5) is 5.82 Å². The molecule has 0 atom stereocenters. The lowest BCUT2D eigenvalue weighted by Gasteiger charge is -1.89. The van der Waals surface area contributed by atoms with Crippen LogP contribution in [0.15, 0.2) is 6.33 Å². The van der Waals surface area contributed by atoms with Gasteiger partial charge in [0.15, 0.2) is 11.5 Å². The van der Waals surface area contributed by atoms with Crippen LogP contribution in [0.2, 0.25) is 0 Å². The molecular weight excluding hydrogens is 142 g/mol. The van der Waals surface area contributed by atoms with Crippen molar-refractivity contribution in [1.29, 1.82) is 0 Å². The second-order valence-electron chi connectivity index (χ2n) is 2.28. The van der Waals surface area contributed by atoms with Crippen LogP contribution in [0.3, 0.4) is 0 Å². The second-order valence-corrected chi connectivity index (χ2v) is 2.28. The summed E-state index contributed by atoms with van der Waals surface area (Å²) in [5, 5.41) is 0. The van der Waals surface area contributed by atoms with E-state index in [9.17, 15) is 0 Å². The van der Waals surface area contributed by atoms with Crippen molar-refractivity contribution in [3.05, 3.63) is 12.2 Å². The van der Waals surface area contributed by atoms with Gasteiger partial charge in [0.25, 0.3) is 0 Å². The zero-order chi connectivity index (χ0) is 7.84. The van der Waals surface area contributed by atoms with Gasteiger partial charge in [0.05, 0.1) is 0 Å². The molecule has 2 rings (SSSR count). The number of nitrogens with zero attached hydrogens (tertiary/aromatic N) is 3. The normalized spacial score (nSPS) is 10.6. The number of aromatic amines is 1. The van der Waals surface area contributed by atoms with E-state index in [4.69, 9.17) is 5.73 Å². The molecule has 5 heteroatoms. The van der Waals surface area contributed by atoms with Crippen molar-refractivity contribution in [3.63, 3.8) is 0 Å². The zero-order valence-corrected chi connectivity index (χ0v) is 6.00. The van der Waals surface area contributed by atoms with Crippen molar-refractivity contribution in [2.75, 3.05) is 5.73 Å². The molecule has 0 saturated heterocycles. The Bertz CT molecular complexity index is 391. The molecule has 0 bridgehead atoms. The molecule has 0 radical (unpaired) electrons. The largest absolute Gasteiger partial charge is 0.382 e. The van der Waals surface area contributed by atoms with Gasteiger partial charge in [-0.2, -0.15) is 0 Å². The number of fused-ring (bicyclic) bond motifs is 1. The molecule has 2 aromatic heterocycles. The topological polar surface area (TPSA) is 80.5 Å². The van der Waals surface area contributed by atoms with E-state index in [0.717, 1.165) is 5.82 Å². The van der Waals surface area contributed by atoms with Gasteiger partial charge in [-0.3, -0.25) is 0 Å². The first kappa shape index (κ1) is 6.09. The van der Waals surface area contributed by atoms with E-state index in [1.165, 1.54) is 6.33 Å². The van der Waals surface area contributed by atoms with E-state index in [0.29, 0.717) is 17.0 Å². The van der Waals surface area contributed by atoms with Gasteiger partial charge in [0, 0.05) is 0 Å². The molecule has 0 saturated carbocycles. The van der Waals surface area contributed by atoms with Crippen molar-refractivity contribution < 1.29 is 0 Å². The van der Waals surface area contributed by atoms with Gasteiger partial charge >= 0.3 is 0 Å². The number of imidazole rings is 1. The monoisotopic (exact) mass is 149 g/mol. The zero-order valence-electron chi connectivity index (χ0n) is 6.00. The number of H-pyrrole nitrogens is 1. The van der Waals surface area contributed by atoms with Gasteiger partial charge in [0.1, 0.15) is 17.7 Å². The van der Waals surface area contributed by atoms with E-state index in [1.54, 1.807) is 0 Å². The number of nitrogens with two attached hydrogens (primary N) is 1. The van der Waals surface area contributed by atoms with Gasteiger partial charge in [-0.25, -0.2) is 15.0 Å². The minimum atomic E-state index is 0.440. The molecule has 11 heavy (non-hydrogen) atoms. The molecule has 56 valence electrons. The number of aryl methyl sites for hydroxylation is 1. The molecule has 0 amide bonds. The second kappa shape index (κ2) is 1.91. The van der Waals surface area contributed by atoms with Gasteiger partial charge in [-0.1, -0.05) is 0 Å². The average Bonchev–Trinajstić information content (AvgIpc) is 2.31. The van der Waals surface area contributed by atoms with Gasteiger partial charge in [-0.05, 0) is 6.92 Å². The van der Waals surface area contributed by atoms with Crippen LogP contribution < -0.4 is 5.73 Å². The Morgan fingerprint density at radius 2 is 2.27 bits per heavy atom. The quantitative estimate of drug-likeness (QED) is 0.562. The van der Waals surface area contributed by atoms with Crippen molar-refractivity contribution in [2.45, 2.75) is 6.92 Å². The lowest BCUT2D eigenvalue weighted by Crippen LogP contribution is -1.91. The fourth-order valence-electron chi connectivity index (χ4n) is 0.962. The Hall–Kier alpha value is -1.65. The summed E-state index contributed by atoms with van der Waals surface area (Å²) in [5.74, 6) is 1.24. The summed E-state index contributed by atoms with van der Waals surface area (Å²) in [5.41, 5.74) is 6.88. The molecule has 0 fully saturated rings. The molecule has 0 aliphatic heterocycles. The summed E-state index contributed by atoms with van der Waals surface area (Å²) in [4.78, 5) is 14.8. The molecule has 2 aromatic rings. The lowest BCUT2D eigenvalue weighted by molar-refractivity contribution is 1.16. The minimum Gasteiger partial charge on any atom is -0.382 e. The molecule has 0 unspecified atom stereocenters. The molecule has 5 nitrogen and oxygen atoms in total. The number of nitrogens with one attached hydrogen (secondary N) is 1. The average molecular weight is 149 g/mol. The number of aromatic nitrogens is 4. The van der Waals surface area contributed by atoms with E-state index >= 15 is 0 Å². The maximum Gasteiger partial charge on any atom is 0.183 e. The fraction of sp³-hybridized carbons (Fsp3) is 0.167. The van der Waals surface area contributed by atoms with E-state index in [1.807, 2.05) is 6.92 Å². The van der Waals surface area contributed by atoms with Crippen molar-refractivity contribution >= 4 is 17.0 Å². The van der Waals surface area contributed by atoms with Crippen molar-refractivity contribution in [1.82, 2.24) is 19.9 Å². The van der Waals surface area contributed by atoms with Crippen LogP contribution in [0, 0.1) is 6.92 Å². The Balaban J connectivity index is 2.90. The van der Waals surface area contributed by atoms with Gasteiger partial charge < -0.3 is 10.7 Å². The first-order valence-electron chi connectivity index (χ1n) is 3.20. The fourth-order valence-corrected chi connectivity index (χ4v) is 0.962. The standard InChI is InChI=1S/C6H7N5/c1-3-10-4-5(7)8-2-9-6(4)11-3/h2H,1H3,(H3,7,8,9,10,11). The maximum absolute atomic E-state index is 5.55. The number of hydrogen-bond donors (Lipinski definition) is 2. The molecule has 0 aliphatic rings. The Morgan fingerprint density at radius 1 is 1.45 bits per heavy atom. The third kappa shape index (κ3) is 0.813. The number of nitrogen functional groups attached to an aromatic ring is 1. The highest BCUT2D eigenvalue weighted by atomic mass is 15.0. The molecule has 0 spiro atoms. The Labute approximate surface area is 62.7 Å². The van der Waals surface area contributed by atoms with E-state index < -0.39 is 0 Å². The highest BCUT2D eigenvalue weighted by Gasteiger charge is 2.02. The van der Waals surface area contributed by atoms with Crippen LogP contribution in [-0.4, -0.2) is 19.9 Å². The Kier molecular flexibility index (Phi) is 1.06. The van der Waals surface area contributed by atoms with E-state index in [-0.39, 0.29) is 0 Å². The minimum absolute atomic E-state index is 0.440. The SMILES string of the molecule is Cc1nc2ncnc(N)c2[nH]1. The highest BCUT2D eigenvalue weighted by Crippen LogP contribution is 2.11. The lowest BCUT2D eigenvalue weighted by atomic mass is 10.5. The number of hydrogen-bond acceptors (Lipinski definition) is 4. The van der Waals surface area contributed by atoms with Crippen molar-refractivity contribution in [2.24, 2.45) is 0 Å². The highest BCUT2D eigenvalue weighted by molar-refractivity contribution is 5.80. The van der Waals surface area contributed by atoms with Gasteiger partial charge in [0.2, 0.25) is 0 Å². The van der Waals surface area contributed by atoms with Crippen LogP contribution in [0.1, 0.15) is 5.82 Å². The van der Waals surface area contributed by atoms with Gasteiger partial charge in [-0.15, -0.1) is 0 Å². The van der Waals surface area contributed by atoms with Crippen LogP contribution in [0.25, 0.3) is 11.2 Å². The molecule has 2 heterocycles. The maximum atomic E-state index is 5.55.